The Morgan fingerprint density at radius 2 is 1.59 bits per heavy atom. The number of esters is 1. The molecule has 1 heterocycles. The van der Waals surface area contributed by atoms with E-state index < -0.39 is 45.9 Å². The van der Waals surface area contributed by atoms with E-state index in [1.807, 2.05) is 0 Å². The van der Waals surface area contributed by atoms with Crippen LogP contribution in [0.3, 0.4) is 0 Å². The highest BCUT2D eigenvalue weighted by Gasteiger charge is 2.34. The maximum absolute atomic E-state index is 13.1. The van der Waals surface area contributed by atoms with Crippen LogP contribution in [-0.4, -0.2) is 44.2 Å². The number of piperidine rings is 1. The van der Waals surface area contributed by atoms with E-state index in [1.165, 1.54) is 24.3 Å². The normalized spacial score (nSPS) is 17.7. The Labute approximate surface area is 167 Å². The van der Waals surface area contributed by atoms with Crippen LogP contribution in [0.4, 0.5) is 8.78 Å². The van der Waals surface area contributed by atoms with Crippen molar-refractivity contribution in [2.45, 2.75) is 17.7 Å². The number of hydrogen-bond acceptors (Lipinski definition) is 5. The van der Waals surface area contributed by atoms with Gasteiger partial charge in [-0.25, -0.2) is 17.2 Å². The molecule has 0 aromatic heterocycles. The fraction of sp³-hybridized carbons (Fsp3) is 0.300. The van der Waals surface area contributed by atoms with Gasteiger partial charge in [0.15, 0.2) is 12.4 Å². The van der Waals surface area contributed by atoms with E-state index in [0.29, 0.717) is 12.8 Å². The van der Waals surface area contributed by atoms with Crippen LogP contribution in [0, 0.1) is 17.6 Å². The number of halogens is 2. The average Bonchev–Trinajstić information content (AvgIpc) is 2.72. The van der Waals surface area contributed by atoms with Crippen LogP contribution in [0.5, 0.6) is 0 Å². The van der Waals surface area contributed by atoms with Gasteiger partial charge in [-0.05, 0) is 61.4 Å². The minimum Gasteiger partial charge on any atom is -0.457 e. The van der Waals surface area contributed by atoms with E-state index in [2.05, 4.69) is 0 Å². The van der Waals surface area contributed by atoms with E-state index >= 15 is 0 Å². The summed E-state index contributed by atoms with van der Waals surface area (Å²) in [5, 5.41) is 0. The predicted molar refractivity (Wildman–Crippen MR) is 99.6 cm³/mol. The second-order valence-corrected chi connectivity index (χ2v) is 8.63. The number of benzene rings is 2. The van der Waals surface area contributed by atoms with Crippen LogP contribution < -0.4 is 0 Å². The average molecular weight is 423 g/mol. The minimum absolute atomic E-state index is 0.0561. The van der Waals surface area contributed by atoms with Gasteiger partial charge in [-0.3, -0.25) is 9.59 Å². The number of nitrogens with zero attached hydrogens (tertiary/aromatic N) is 1. The third-order valence-corrected chi connectivity index (χ3v) is 6.56. The molecule has 6 nitrogen and oxygen atoms in total. The SMILES string of the molecule is O=C(COC(=O)C1CCCN(S(=O)(=O)c2ccc(F)cc2)C1)c1ccc(F)cc1. The summed E-state index contributed by atoms with van der Waals surface area (Å²) in [6, 6.07) is 9.32. The fourth-order valence-electron chi connectivity index (χ4n) is 3.08. The maximum atomic E-state index is 13.1. The molecule has 1 unspecified atom stereocenters. The molecule has 9 heteroatoms. The first kappa shape index (κ1) is 21.1. The number of ether oxygens (including phenoxy) is 1. The summed E-state index contributed by atoms with van der Waals surface area (Å²) in [5.74, 6) is -2.89. The largest absolute Gasteiger partial charge is 0.457 e. The molecule has 1 fully saturated rings. The summed E-state index contributed by atoms with van der Waals surface area (Å²) in [4.78, 5) is 24.3. The molecule has 0 radical (unpaired) electrons. The molecule has 0 amide bonds. The second kappa shape index (κ2) is 8.79. The lowest BCUT2D eigenvalue weighted by atomic mass is 10.00. The number of sulfonamides is 1. The Morgan fingerprint density at radius 1 is 1.00 bits per heavy atom. The summed E-state index contributed by atoms with van der Waals surface area (Å²) in [7, 11) is -3.87. The number of Topliss-reactive ketones (excluding diaryl/α,β-unsaturated/α-hetero) is 1. The van der Waals surface area contributed by atoms with Crippen LogP contribution in [0.1, 0.15) is 23.2 Å². The number of carbonyl (C=O) groups is 2. The highest BCUT2D eigenvalue weighted by atomic mass is 32.2. The molecule has 0 bridgehead atoms. The number of hydrogen-bond donors (Lipinski definition) is 0. The molecule has 29 heavy (non-hydrogen) atoms. The number of ketones is 1. The van der Waals surface area contributed by atoms with E-state index in [4.69, 9.17) is 4.74 Å². The molecule has 0 N–H and O–H groups in total. The van der Waals surface area contributed by atoms with Gasteiger partial charge in [0.2, 0.25) is 10.0 Å². The van der Waals surface area contributed by atoms with Gasteiger partial charge in [0.05, 0.1) is 10.8 Å². The number of rotatable bonds is 6. The molecule has 1 saturated heterocycles. The van der Waals surface area contributed by atoms with Crippen molar-refractivity contribution >= 4 is 21.8 Å². The zero-order valence-electron chi connectivity index (χ0n) is 15.4. The molecule has 1 aliphatic rings. The summed E-state index contributed by atoms with van der Waals surface area (Å²) in [6.07, 6.45) is 0.880. The summed E-state index contributed by atoms with van der Waals surface area (Å²) < 4.78 is 57.6. The number of carbonyl (C=O) groups excluding carboxylic acids is 2. The van der Waals surface area contributed by atoms with Crippen molar-refractivity contribution < 1.29 is 31.5 Å². The Hall–Kier alpha value is -2.65. The van der Waals surface area contributed by atoms with Gasteiger partial charge >= 0.3 is 5.97 Å². The van der Waals surface area contributed by atoms with Gasteiger partial charge in [0, 0.05) is 18.7 Å². The topological polar surface area (TPSA) is 80.8 Å². The van der Waals surface area contributed by atoms with E-state index in [9.17, 15) is 26.8 Å². The van der Waals surface area contributed by atoms with Crippen molar-refractivity contribution in [2.75, 3.05) is 19.7 Å². The third-order valence-electron chi connectivity index (χ3n) is 4.68. The Morgan fingerprint density at radius 3 is 2.21 bits per heavy atom. The summed E-state index contributed by atoms with van der Waals surface area (Å²) in [6.45, 7) is -0.354. The van der Waals surface area contributed by atoms with Crippen molar-refractivity contribution in [3.05, 3.63) is 65.7 Å². The molecule has 154 valence electrons. The first-order chi connectivity index (χ1) is 13.8. The van der Waals surface area contributed by atoms with Crippen LogP contribution in [0.25, 0.3) is 0 Å². The van der Waals surface area contributed by atoms with Crippen molar-refractivity contribution in [1.29, 1.82) is 0 Å². The van der Waals surface area contributed by atoms with E-state index in [0.717, 1.165) is 28.6 Å². The highest BCUT2D eigenvalue weighted by Crippen LogP contribution is 2.24. The van der Waals surface area contributed by atoms with E-state index in [-0.39, 0.29) is 23.5 Å². The lowest BCUT2D eigenvalue weighted by Gasteiger charge is -2.30. The van der Waals surface area contributed by atoms with Crippen LogP contribution in [0.15, 0.2) is 53.4 Å². The van der Waals surface area contributed by atoms with Crippen molar-refractivity contribution in [3.63, 3.8) is 0 Å². The maximum Gasteiger partial charge on any atom is 0.310 e. The first-order valence-electron chi connectivity index (χ1n) is 8.98. The van der Waals surface area contributed by atoms with Gasteiger partial charge in [0.25, 0.3) is 0 Å². The second-order valence-electron chi connectivity index (χ2n) is 6.69. The lowest BCUT2D eigenvalue weighted by molar-refractivity contribution is -0.148. The molecule has 0 aliphatic carbocycles. The first-order valence-corrected chi connectivity index (χ1v) is 10.4. The predicted octanol–water partition coefficient (Wildman–Crippen LogP) is 2.79. The van der Waals surface area contributed by atoms with Crippen molar-refractivity contribution in [3.8, 4) is 0 Å². The summed E-state index contributed by atoms with van der Waals surface area (Å²) in [5.41, 5.74) is 0.211. The van der Waals surface area contributed by atoms with Gasteiger partial charge < -0.3 is 4.74 Å². The molecule has 0 spiro atoms. The molecule has 0 saturated carbocycles. The minimum atomic E-state index is -3.87. The van der Waals surface area contributed by atoms with Crippen LogP contribution in [0.2, 0.25) is 0 Å². The molecule has 2 aromatic rings. The molecule has 1 aliphatic heterocycles. The van der Waals surface area contributed by atoms with Gasteiger partial charge in [-0.1, -0.05) is 0 Å². The van der Waals surface area contributed by atoms with Crippen molar-refractivity contribution in [1.82, 2.24) is 4.31 Å². The standard InChI is InChI=1S/C20H19F2NO5S/c21-16-5-3-14(4-6-16)19(24)13-28-20(25)15-2-1-11-23(12-15)29(26,27)18-9-7-17(22)8-10-18/h3-10,15H,1-2,11-13H2. The third kappa shape index (κ3) is 5.04. The lowest BCUT2D eigenvalue weighted by Crippen LogP contribution is -2.43. The molecular weight excluding hydrogens is 404 g/mol. The highest BCUT2D eigenvalue weighted by molar-refractivity contribution is 7.89. The van der Waals surface area contributed by atoms with E-state index in [1.54, 1.807) is 0 Å². The van der Waals surface area contributed by atoms with Crippen LogP contribution in [-0.2, 0) is 19.6 Å². The fourth-order valence-corrected chi connectivity index (χ4v) is 4.61. The Kier molecular flexibility index (Phi) is 6.39. The van der Waals surface area contributed by atoms with Crippen LogP contribution >= 0.6 is 0 Å². The monoisotopic (exact) mass is 423 g/mol. The van der Waals surface area contributed by atoms with Gasteiger partial charge in [-0.2, -0.15) is 4.31 Å². The zero-order valence-corrected chi connectivity index (χ0v) is 16.2. The smallest absolute Gasteiger partial charge is 0.310 e. The molecule has 2 aromatic carbocycles. The van der Waals surface area contributed by atoms with Gasteiger partial charge in [0.1, 0.15) is 11.6 Å². The molecule has 3 rings (SSSR count). The van der Waals surface area contributed by atoms with Crippen molar-refractivity contribution in [2.24, 2.45) is 5.92 Å². The molecular formula is C20H19F2NO5S. The Bertz CT molecular complexity index is 991. The Balaban J connectivity index is 1.61. The zero-order chi connectivity index (χ0) is 21.0. The quantitative estimate of drug-likeness (QED) is 0.527. The molecule has 1 atom stereocenters. The van der Waals surface area contributed by atoms with Gasteiger partial charge in [-0.15, -0.1) is 0 Å². The summed E-state index contributed by atoms with van der Waals surface area (Å²) >= 11 is 0.